The summed E-state index contributed by atoms with van der Waals surface area (Å²) in [5, 5.41) is 3.68. The van der Waals surface area contributed by atoms with Crippen LogP contribution in [0.2, 0.25) is 0 Å². The molecule has 4 nitrogen and oxygen atoms in total. The Balaban J connectivity index is 2.31. The summed E-state index contributed by atoms with van der Waals surface area (Å²) in [6.45, 7) is 6.11. The van der Waals surface area contributed by atoms with Gasteiger partial charge in [-0.05, 0) is 43.7 Å². The fourth-order valence-electron chi connectivity index (χ4n) is 2.19. The molecule has 0 radical (unpaired) electrons. The van der Waals surface area contributed by atoms with E-state index in [1.807, 2.05) is 38.3 Å². The predicted molar refractivity (Wildman–Crippen MR) is 91.7 cm³/mol. The summed E-state index contributed by atoms with van der Waals surface area (Å²) in [6.07, 6.45) is 5.27. The van der Waals surface area contributed by atoms with E-state index < -0.39 is 0 Å². The number of aromatic nitrogens is 2. The highest BCUT2D eigenvalue weighted by Gasteiger charge is 2.15. The van der Waals surface area contributed by atoms with Gasteiger partial charge in [0.2, 0.25) is 0 Å². The number of hydrogen-bond donors (Lipinski definition) is 1. The third-order valence-corrected chi connectivity index (χ3v) is 4.17. The number of carbonyl (C=O) groups excluding carboxylic acids is 1. The lowest BCUT2D eigenvalue weighted by Crippen LogP contribution is -2.17. The molecule has 0 spiro atoms. The molecule has 0 aliphatic heterocycles. The average molecular weight is 315 g/mol. The summed E-state index contributed by atoms with van der Waals surface area (Å²) in [6, 6.07) is 5.89. The zero-order valence-corrected chi connectivity index (χ0v) is 14.3. The first-order valence-electron chi connectivity index (χ1n) is 7.34. The SMILES string of the molecule is CCCc1nc(SC)ncc1C(=O)Nc1cccc(C)c1C. The lowest BCUT2D eigenvalue weighted by molar-refractivity contribution is 0.102. The Bertz CT molecular complexity index is 686. The molecule has 1 amide bonds. The molecule has 1 N–H and O–H groups in total. The van der Waals surface area contributed by atoms with Crippen LogP contribution in [-0.2, 0) is 6.42 Å². The molecule has 116 valence electrons. The van der Waals surface area contributed by atoms with E-state index in [4.69, 9.17) is 0 Å². The monoisotopic (exact) mass is 315 g/mol. The van der Waals surface area contributed by atoms with Crippen molar-refractivity contribution in [2.24, 2.45) is 0 Å². The number of aryl methyl sites for hydroxylation is 2. The van der Waals surface area contributed by atoms with Crippen LogP contribution in [0.3, 0.4) is 0 Å². The van der Waals surface area contributed by atoms with Crippen LogP contribution in [0.1, 0.15) is 40.5 Å². The molecule has 5 heteroatoms. The van der Waals surface area contributed by atoms with Crippen molar-refractivity contribution in [2.75, 3.05) is 11.6 Å². The van der Waals surface area contributed by atoms with E-state index in [1.165, 1.54) is 11.8 Å². The summed E-state index contributed by atoms with van der Waals surface area (Å²) in [7, 11) is 0. The Kier molecular flexibility index (Phi) is 5.55. The number of thioether (sulfide) groups is 1. The van der Waals surface area contributed by atoms with Crippen molar-refractivity contribution in [1.29, 1.82) is 0 Å². The van der Waals surface area contributed by atoms with E-state index in [1.54, 1.807) is 6.20 Å². The Hall–Kier alpha value is -1.88. The summed E-state index contributed by atoms with van der Waals surface area (Å²) < 4.78 is 0. The van der Waals surface area contributed by atoms with Crippen molar-refractivity contribution in [1.82, 2.24) is 9.97 Å². The minimum absolute atomic E-state index is 0.148. The molecule has 2 rings (SSSR count). The number of nitrogens with zero attached hydrogens (tertiary/aromatic N) is 2. The molecule has 1 aromatic carbocycles. The van der Waals surface area contributed by atoms with Crippen molar-refractivity contribution in [3.05, 3.63) is 46.8 Å². The van der Waals surface area contributed by atoms with Crippen LogP contribution >= 0.6 is 11.8 Å². The van der Waals surface area contributed by atoms with Gasteiger partial charge >= 0.3 is 0 Å². The average Bonchev–Trinajstić information content (AvgIpc) is 2.52. The second-order valence-corrected chi connectivity index (χ2v) is 5.94. The van der Waals surface area contributed by atoms with Gasteiger partial charge in [-0.25, -0.2) is 9.97 Å². The lowest BCUT2D eigenvalue weighted by atomic mass is 10.1. The van der Waals surface area contributed by atoms with E-state index in [2.05, 4.69) is 22.2 Å². The van der Waals surface area contributed by atoms with Gasteiger partial charge in [-0.15, -0.1) is 0 Å². The van der Waals surface area contributed by atoms with Crippen molar-refractivity contribution < 1.29 is 4.79 Å². The van der Waals surface area contributed by atoms with Crippen LogP contribution in [0, 0.1) is 13.8 Å². The van der Waals surface area contributed by atoms with Gasteiger partial charge in [0.1, 0.15) is 0 Å². The zero-order chi connectivity index (χ0) is 16.1. The normalized spacial score (nSPS) is 10.5. The van der Waals surface area contributed by atoms with Crippen molar-refractivity contribution in [3.63, 3.8) is 0 Å². The van der Waals surface area contributed by atoms with Gasteiger partial charge in [0.15, 0.2) is 5.16 Å². The third-order valence-electron chi connectivity index (χ3n) is 3.61. The number of benzene rings is 1. The molecule has 1 heterocycles. The molecular formula is C17H21N3OS. The van der Waals surface area contributed by atoms with Crippen LogP contribution in [0.4, 0.5) is 5.69 Å². The minimum atomic E-state index is -0.148. The highest BCUT2D eigenvalue weighted by molar-refractivity contribution is 7.98. The molecule has 0 bridgehead atoms. The van der Waals surface area contributed by atoms with Gasteiger partial charge in [0.05, 0.1) is 11.3 Å². The number of nitrogens with one attached hydrogen (secondary N) is 1. The lowest BCUT2D eigenvalue weighted by Gasteiger charge is -2.12. The first-order valence-corrected chi connectivity index (χ1v) is 8.56. The van der Waals surface area contributed by atoms with E-state index >= 15 is 0 Å². The van der Waals surface area contributed by atoms with Crippen molar-refractivity contribution in [3.8, 4) is 0 Å². The first kappa shape index (κ1) is 16.5. The number of hydrogen-bond acceptors (Lipinski definition) is 4. The minimum Gasteiger partial charge on any atom is -0.322 e. The molecule has 0 saturated heterocycles. The van der Waals surface area contributed by atoms with Gasteiger partial charge < -0.3 is 5.32 Å². The Morgan fingerprint density at radius 2 is 2.09 bits per heavy atom. The molecule has 0 saturated carbocycles. The molecule has 0 aliphatic carbocycles. The molecule has 0 fully saturated rings. The Labute approximate surface area is 135 Å². The summed E-state index contributed by atoms with van der Waals surface area (Å²) >= 11 is 1.48. The smallest absolute Gasteiger partial charge is 0.259 e. The van der Waals surface area contributed by atoms with E-state index in [9.17, 15) is 4.79 Å². The Morgan fingerprint density at radius 3 is 2.77 bits per heavy atom. The number of carbonyl (C=O) groups is 1. The number of anilines is 1. The largest absolute Gasteiger partial charge is 0.322 e. The number of amides is 1. The molecular weight excluding hydrogens is 294 g/mol. The second-order valence-electron chi connectivity index (χ2n) is 5.17. The highest BCUT2D eigenvalue weighted by Crippen LogP contribution is 2.20. The van der Waals surface area contributed by atoms with E-state index in [0.29, 0.717) is 10.7 Å². The van der Waals surface area contributed by atoms with Crippen LogP contribution in [0.15, 0.2) is 29.6 Å². The Morgan fingerprint density at radius 1 is 1.32 bits per heavy atom. The van der Waals surface area contributed by atoms with Gasteiger partial charge in [0, 0.05) is 11.9 Å². The van der Waals surface area contributed by atoms with Crippen LogP contribution in [-0.4, -0.2) is 22.1 Å². The molecule has 1 aromatic heterocycles. The predicted octanol–water partition coefficient (Wildman–Crippen LogP) is 4.02. The topological polar surface area (TPSA) is 54.9 Å². The summed E-state index contributed by atoms with van der Waals surface area (Å²) in [5.41, 5.74) is 4.43. The summed E-state index contributed by atoms with van der Waals surface area (Å²) in [4.78, 5) is 21.3. The van der Waals surface area contributed by atoms with Gasteiger partial charge in [-0.3, -0.25) is 4.79 Å². The molecule has 2 aromatic rings. The van der Waals surface area contributed by atoms with Crippen LogP contribution in [0.5, 0.6) is 0 Å². The highest BCUT2D eigenvalue weighted by atomic mass is 32.2. The molecule has 0 unspecified atom stereocenters. The maximum absolute atomic E-state index is 12.6. The standard InChI is InChI=1S/C17H21N3OS/c1-5-7-15-13(10-18-17(20-15)22-4)16(21)19-14-9-6-8-11(2)12(14)3/h6,8-10H,5,7H2,1-4H3,(H,19,21). The molecule has 22 heavy (non-hydrogen) atoms. The van der Waals surface area contributed by atoms with E-state index in [0.717, 1.165) is 35.3 Å². The fourth-order valence-corrected chi connectivity index (χ4v) is 2.55. The van der Waals surface area contributed by atoms with E-state index in [-0.39, 0.29) is 5.91 Å². The molecule has 0 atom stereocenters. The number of rotatable bonds is 5. The second kappa shape index (κ2) is 7.40. The van der Waals surface area contributed by atoms with Crippen molar-refractivity contribution >= 4 is 23.4 Å². The quantitative estimate of drug-likeness (QED) is 0.669. The van der Waals surface area contributed by atoms with Gasteiger partial charge in [-0.1, -0.05) is 37.2 Å². The molecule has 0 aliphatic rings. The van der Waals surface area contributed by atoms with Crippen LogP contribution in [0.25, 0.3) is 0 Å². The maximum Gasteiger partial charge on any atom is 0.259 e. The summed E-state index contributed by atoms with van der Waals surface area (Å²) in [5.74, 6) is -0.148. The zero-order valence-electron chi connectivity index (χ0n) is 13.4. The van der Waals surface area contributed by atoms with Gasteiger partial charge in [0.25, 0.3) is 5.91 Å². The fraction of sp³-hybridized carbons (Fsp3) is 0.353. The third kappa shape index (κ3) is 3.65. The van der Waals surface area contributed by atoms with Crippen LogP contribution < -0.4 is 5.32 Å². The van der Waals surface area contributed by atoms with Gasteiger partial charge in [-0.2, -0.15) is 0 Å². The van der Waals surface area contributed by atoms with Crippen molar-refractivity contribution in [2.45, 2.75) is 38.8 Å². The first-order chi connectivity index (χ1) is 10.6. The maximum atomic E-state index is 12.6.